The lowest BCUT2D eigenvalue weighted by atomic mass is 9.91. The van der Waals surface area contributed by atoms with E-state index in [1.54, 1.807) is 16.8 Å². The molecule has 2 aliphatic rings. The van der Waals surface area contributed by atoms with Crippen molar-refractivity contribution in [3.63, 3.8) is 0 Å². The summed E-state index contributed by atoms with van der Waals surface area (Å²) in [7, 11) is 0. The minimum Gasteiger partial charge on any atom is -0.317 e. The summed E-state index contributed by atoms with van der Waals surface area (Å²) in [6.45, 7) is 2.09. The summed E-state index contributed by atoms with van der Waals surface area (Å²) in [5, 5.41) is 16.6. The highest BCUT2D eigenvalue weighted by molar-refractivity contribution is 5.77. The highest BCUT2D eigenvalue weighted by atomic mass is 16.1. The molecule has 1 saturated heterocycles. The summed E-state index contributed by atoms with van der Waals surface area (Å²) in [4.78, 5) is 26.5. The second-order valence-corrected chi connectivity index (χ2v) is 8.38. The predicted molar refractivity (Wildman–Crippen MR) is 118 cm³/mol. The molecule has 3 aromatic rings. The van der Waals surface area contributed by atoms with Gasteiger partial charge in [0, 0.05) is 23.8 Å². The number of hydrogen-bond acceptors (Lipinski definition) is 7. The maximum absolute atomic E-state index is 12.9. The number of rotatable bonds is 4. The van der Waals surface area contributed by atoms with Gasteiger partial charge in [-0.3, -0.25) is 9.36 Å². The molecule has 1 aliphatic heterocycles. The summed E-state index contributed by atoms with van der Waals surface area (Å²) in [6.07, 6.45) is 9.87. The quantitative estimate of drug-likeness (QED) is 0.672. The molecule has 0 unspecified atom stereocenters. The number of nitrogens with one attached hydrogen (secondary N) is 2. The van der Waals surface area contributed by atoms with Gasteiger partial charge in [0.05, 0.1) is 0 Å². The molecule has 31 heavy (non-hydrogen) atoms. The van der Waals surface area contributed by atoms with E-state index in [4.69, 9.17) is 0 Å². The van der Waals surface area contributed by atoms with Gasteiger partial charge >= 0.3 is 0 Å². The van der Waals surface area contributed by atoms with E-state index in [9.17, 15) is 10.1 Å². The van der Waals surface area contributed by atoms with E-state index < -0.39 is 0 Å². The molecule has 1 aliphatic carbocycles. The molecular weight excluding hydrogens is 390 g/mol. The van der Waals surface area contributed by atoms with Crippen molar-refractivity contribution >= 4 is 22.8 Å². The topological polar surface area (TPSA) is 109 Å². The third-order valence-corrected chi connectivity index (χ3v) is 6.42. The van der Waals surface area contributed by atoms with Gasteiger partial charge in [-0.05, 0) is 62.4 Å². The van der Waals surface area contributed by atoms with Gasteiger partial charge in [0.25, 0.3) is 5.56 Å². The zero-order valence-electron chi connectivity index (χ0n) is 17.3. The monoisotopic (exact) mass is 415 g/mol. The number of nitriles is 1. The van der Waals surface area contributed by atoms with Crippen LogP contribution in [0.3, 0.4) is 0 Å². The first-order chi connectivity index (χ1) is 15.2. The molecule has 0 atom stereocenters. The SMILES string of the molecule is N#Cc1cc2cnc(Nc3ccc(C4CCNCC4)cn3)nc2n(C2CCCC2)c1=O. The van der Waals surface area contributed by atoms with E-state index in [-0.39, 0.29) is 17.2 Å². The molecule has 8 heteroatoms. The molecule has 0 spiro atoms. The highest BCUT2D eigenvalue weighted by Crippen LogP contribution is 2.31. The molecule has 2 fully saturated rings. The maximum atomic E-state index is 12.9. The van der Waals surface area contributed by atoms with Gasteiger partial charge in [-0.25, -0.2) is 9.97 Å². The van der Waals surface area contributed by atoms with Crippen molar-refractivity contribution in [2.45, 2.75) is 50.5 Å². The Kier molecular flexibility index (Phi) is 5.35. The zero-order chi connectivity index (χ0) is 21.2. The Morgan fingerprint density at radius 2 is 1.90 bits per heavy atom. The number of piperidine rings is 1. The van der Waals surface area contributed by atoms with Gasteiger partial charge in [-0.1, -0.05) is 18.9 Å². The molecule has 0 bridgehead atoms. The number of nitrogens with zero attached hydrogens (tertiary/aromatic N) is 5. The van der Waals surface area contributed by atoms with E-state index in [2.05, 4.69) is 31.7 Å². The Balaban J connectivity index is 1.46. The Bertz CT molecular complexity index is 1180. The molecule has 3 aromatic heterocycles. The van der Waals surface area contributed by atoms with Crippen molar-refractivity contribution in [3.05, 3.63) is 52.1 Å². The van der Waals surface area contributed by atoms with Crippen LogP contribution in [0.5, 0.6) is 0 Å². The Labute approximate surface area is 180 Å². The minimum absolute atomic E-state index is 0.0773. The van der Waals surface area contributed by atoms with Crippen LogP contribution >= 0.6 is 0 Å². The Hall–Kier alpha value is -3.31. The van der Waals surface area contributed by atoms with Crippen LogP contribution in [0.25, 0.3) is 11.0 Å². The summed E-state index contributed by atoms with van der Waals surface area (Å²) in [5.41, 5.74) is 1.69. The van der Waals surface area contributed by atoms with E-state index in [1.165, 1.54) is 5.56 Å². The van der Waals surface area contributed by atoms with Gasteiger partial charge in [0.1, 0.15) is 23.1 Å². The van der Waals surface area contributed by atoms with Crippen LogP contribution in [0.1, 0.15) is 61.6 Å². The van der Waals surface area contributed by atoms with E-state index in [1.807, 2.05) is 18.3 Å². The fourth-order valence-corrected chi connectivity index (χ4v) is 4.75. The lowest BCUT2D eigenvalue weighted by molar-refractivity contribution is 0.459. The summed E-state index contributed by atoms with van der Waals surface area (Å²) in [5.74, 6) is 1.61. The second kappa shape index (κ2) is 8.44. The molecule has 0 radical (unpaired) electrons. The van der Waals surface area contributed by atoms with Crippen LogP contribution in [0, 0.1) is 11.3 Å². The first kappa shape index (κ1) is 19.6. The Morgan fingerprint density at radius 1 is 1.10 bits per heavy atom. The molecule has 0 amide bonds. The highest BCUT2D eigenvalue weighted by Gasteiger charge is 2.23. The molecule has 158 valence electrons. The van der Waals surface area contributed by atoms with Gasteiger partial charge in [-0.15, -0.1) is 0 Å². The van der Waals surface area contributed by atoms with Crippen LogP contribution in [0.15, 0.2) is 35.4 Å². The van der Waals surface area contributed by atoms with Crippen LogP contribution in [0.4, 0.5) is 11.8 Å². The second-order valence-electron chi connectivity index (χ2n) is 8.38. The first-order valence-corrected chi connectivity index (χ1v) is 11.0. The van der Waals surface area contributed by atoms with Crippen LogP contribution in [-0.4, -0.2) is 32.6 Å². The number of anilines is 2. The maximum Gasteiger partial charge on any atom is 0.270 e. The lowest BCUT2D eigenvalue weighted by Crippen LogP contribution is -2.27. The van der Waals surface area contributed by atoms with E-state index in [0.29, 0.717) is 28.7 Å². The van der Waals surface area contributed by atoms with Crippen LogP contribution in [0.2, 0.25) is 0 Å². The number of fused-ring (bicyclic) bond motifs is 1. The third-order valence-electron chi connectivity index (χ3n) is 6.42. The van der Waals surface area contributed by atoms with Crippen molar-refractivity contribution in [1.29, 1.82) is 5.26 Å². The van der Waals surface area contributed by atoms with Crippen molar-refractivity contribution in [2.24, 2.45) is 0 Å². The van der Waals surface area contributed by atoms with Crippen molar-refractivity contribution < 1.29 is 0 Å². The van der Waals surface area contributed by atoms with Crippen molar-refractivity contribution in [3.8, 4) is 6.07 Å². The molecule has 1 saturated carbocycles. The molecule has 4 heterocycles. The van der Waals surface area contributed by atoms with Crippen molar-refractivity contribution in [1.82, 2.24) is 24.8 Å². The van der Waals surface area contributed by atoms with Crippen LogP contribution in [-0.2, 0) is 0 Å². The summed E-state index contributed by atoms with van der Waals surface area (Å²) < 4.78 is 1.70. The van der Waals surface area contributed by atoms with Gasteiger partial charge in [0.2, 0.25) is 5.95 Å². The Morgan fingerprint density at radius 3 is 2.61 bits per heavy atom. The van der Waals surface area contributed by atoms with Crippen LogP contribution < -0.4 is 16.2 Å². The molecular formula is C23H25N7O. The fourth-order valence-electron chi connectivity index (χ4n) is 4.75. The normalized spacial score (nSPS) is 17.6. The van der Waals surface area contributed by atoms with Gasteiger partial charge in [-0.2, -0.15) is 10.2 Å². The third kappa shape index (κ3) is 3.89. The zero-order valence-corrected chi connectivity index (χ0v) is 17.3. The number of pyridine rings is 2. The van der Waals surface area contributed by atoms with E-state index in [0.717, 1.165) is 51.6 Å². The predicted octanol–water partition coefficient (Wildman–Crippen LogP) is 3.38. The first-order valence-electron chi connectivity index (χ1n) is 11.0. The van der Waals surface area contributed by atoms with Gasteiger partial charge in [0.15, 0.2) is 0 Å². The van der Waals surface area contributed by atoms with Crippen molar-refractivity contribution in [2.75, 3.05) is 18.4 Å². The number of aromatic nitrogens is 4. The average molecular weight is 416 g/mol. The van der Waals surface area contributed by atoms with E-state index >= 15 is 0 Å². The minimum atomic E-state index is -0.268. The molecule has 0 aromatic carbocycles. The average Bonchev–Trinajstić information content (AvgIpc) is 3.34. The fraction of sp³-hybridized carbons (Fsp3) is 0.435. The van der Waals surface area contributed by atoms with Gasteiger partial charge < -0.3 is 10.6 Å². The smallest absolute Gasteiger partial charge is 0.270 e. The number of hydrogen-bond donors (Lipinski definition) is 2. The lowest BCUT2D eigenvalue weighted by Gasteiger charge is -2.22. The molecule has 2 N–H and O–H groups in total. The summed E-state index contributed by atoms with van der Waals surface area (Å²) in [6, 6.07) is 7.74. The summed E-state index contributed by atoms with van der Waals surface area (Å²) >= 11 is 0. The molecule has 8 nitrogen and oxygen atoms in total. The standard InChI is InChI=1S/C23H25N7O/c24-12-17-11-18-14-27-23(29-21(18)30(22(17)31)19-3-1-2-4-19)28-20-6-5-16(13-26-20)15-7-9-25-10-8-15/h5-6,11,13-15,19,25H,1-4,7-10H2,(H,26,27,28,29). The largest absolute Gasteiger partial charge is 0.317 e. The molecule has 5 rings (SSSR count).